The predicted octanol–water partition coefficient (Wildman–Crippen LogP) is 1.71. The summed E-state index contributed by atoms with van der Waals surface area (Å²) in [4.78, 5) is 25.4. The molecule has 6 heteroatoms. The van der Waals surface area contributed by atoms with Crippen molar-refractivity contribution in [2.45, 2.75) is 36.4 Å². The van der Waals surface area contributed by atoms with Crippen LogP contribution in [0.2, 0.25) is 0 Å². The number of hydrogen-bond acceptors (Lipinski definition) is 3. The van der Waals surface area contributed by atoms with Crippen molar-refractivity contribution in [1.29, 1.82) is 0 Å². The molecule has 0 aliphatic heterocycles. The Hall–Kier alpha value is -1.00. The van der Waals surface area contributed by atoms with Crippen LogP contribution in [0.25, 0.3) is 0 Å². The molecule has 0 spiro atoms. The van der Waals surface area contributed by atoms with Gasteiger partial charge in [-0.3, -0.25) is 9.59 Å². The van der Waals surface area contributed by atoms with E-state index in [2.05, 4.69) is 4.98 Å². The fourth-order valence-electron chi connectivity index (χ4n) is 2.41. The van der Waals surface area contributed by atoms with E-state index in [4.69, 9.17) is 23.2 Å². The largest absolute Gasteiger partial charge is 0.507 e. The molecule has 1 aliphatic carbocycles. The Labute approximate surface area is 114 Å². The van der Waals surface area contributed by atoms with Gasteiger partial charge in [-0.15, -0.1) is 23.2 Å². The Kier molecular flexibility index (Phi) is 3.69. The van der Waals surface area contributed by atoms with Crippen molar-refractivity contribution in [1.82, 2.24) is 4.98 Å². The molecule has 1 heterocycles. The second-order valence-electron chi connectivity index (χ2n) is 4.42. The number of hydrogen-bond donors (Lipinski definition) is 2. The molecule has 0 saturated heterocycles. The lowest BCUT2D eigenvalue weighted by molar-refractivity contribution is 0.445. The molecule has 1 unspecified atom stereocenters. The summed E-state index contributed by atoms with van der Waals surface area (Å²) in [7, 11) is 0. The third-order valence-electron chi connectivity index (χ3n) is 3.30. The third-order valence-corrected chi connectivity index (χ3v) is 4.46. The maximum atomic E-state index is 11.5. The molecule has 1 aliphatic rings. The molecule has 3 atom stereocenters. The minimum atomic E-state index is -0.769. The van der Waals surface area contributed by atoms with E-state index in [1.807, 2.05) is 6.92 Å². The van der Waals surface area contributed by atoms with Gasteiger partial charge in [0.2, 0.25) is 5.43 Å². The predicted molar refractivity (Wildman–Crippen MR) is 71.0 cm³/mol. The van der Waals surface area contributed by atoms with E-state index < -0.39 is 11.0 Å². The van der Waals surface area contributed by atoms with Gasteiger partial charge in [-0.1, -0.05) is 6.92 Å². The lowest BCUT2D eigenvalue weighted by Gasteiger charge is -2.31. The maximum absolute atomic E-state index is 11.5. The van der Waals surface area contributed by atoms with Crippen LogP contribution in [-0.4, -0.2) is 20.8 Å². The Morgan fingerprint density at radius 2 is 2.11 bits per heavy atom. The molecule has 2 N–H and O–H groups in total. The van der Waals surface area contributed by atoms with E-state index >= 15 is 0 Å². The van der Waals surface area contributed by atoms with Crippen LogP contribution in [0, 0.1) is 0 Å². The summed E-state index contributed by atoms with van der Waals surface area (Å²) in [6, 6.07) is 0.943. The molecule has 4 nitrogen and oxygen atoms in total. The van der Waals surface area contributed by atoms with Crippen molar-refractivity contribution in [3.05, 3.63) is 37.9 Å². The molecule has 18 heavy (non-hydrogen) atoms. The molecule has 0 aromatic carbocycles. The minimum absolute atomic E-state index is 0.180. The van der Waals surface area contributed by atoms with E-state index in [1.54, 1.807) is 0 Å². The topological polar surface area (TPSA) is 70.2 Å². The van der Waals surface area contributed by atoms with Gasteiger partial charge in [-0.05, 0) is 6.42 Å². The van der Waals surface area contributed by atoms with Crippen molar-refractivity contribution < 1.29 is 5.11 Å². The highest BCUT2D eigenvalue weighted by Gasteiger charge is 2.35. The quantitative estimate of drug-likeness (QED) is 0.611. The summed E-state index contributed by atoms with van der Waals surface area (Å²) in [6.07, 6.45) is 0.997. The number of rotatable bonds is 1. The Morgan fingerprint density at radius 1 is 1.44 bits per heavy atom. The normalized spacial score (nSPS) is 26.7. The molecule has 0 radical (unpaired) electrons. The van der Waals surface area contributed by atoms with Gasteiger partial charge in [0.05, 0.1) is 10.8 Å². The smallest absolute Gasteiger partial charge is 0.296 e. The molecule has 1 aromatic rings. The van der Waals surface area contributed by atoms with Crippen molar-refractivity contribution in [2.24, 2.45) is 0 Å². The zero-order valence-electron chi connectivity index (χ0n) is 9.74. The molecule has 1 aromatic heterocycles. The highest BCUT2D eigenvalue weighted by molar-refractivity contribution is 6.30. The number of H-pyrrole nitrogens is 1. The lowest BCUT2D eigenvalue weighted by Crippen LogP contribution is -2.32. The molecule has 0 bridgehead atoms. The number of aromatic nitrogens is 1. The van der Waals surface area contributed by atoms with E-state index in [1.165, 1.54) is 0 Å². The Bertz CT molecular complexity index is 584. The first kappa shape index (κ1) is 13.4. The maximum Gasteiger partial charge on any atom is 0.296 e. The van der Waals surface area contributed by atoms with Crippen LogP contribution in [0.4, 0.5) is 0 Å². The lowest BCUT2D eigenvalue weighted by atomic mass is 9.83. The van der Waals surface area contributed by atoms with Crippen LogP contribution in [0.3, 0.4) is 0 Å². The number of aromatic amines is 1. The first-order valence-electron chi connectivity index (χ1n) is 5.73. The SMILES string of the molecule is CCC1c2c(O)cc(=O)c(=O)[nH]c2C[C@@H](Cl)[C@@H]1Cl. The third kappa shape index (κ3) is 2.15. The average molecular weight is 290 g/mol. The van der Waals surface area contributed by atoms with Crippen LogP contribution in [0.5, 0.6) is 5.75 Å². The minimum Gasteiger partial charge on any atom is -0.507 e. The average Bonchev–Trinajstić information content (AvgIpc) is 2.41. The highest BCUT2D eigenvalue weighted by atomic mass is 35.5. The molecule has 98 valence electrons. The van der Waals surface area contributed by atoms with Crippen molar-refractivity contribution in [3.63, 3.8) is 0 Å². The number of fused-ring (bicyclic) bond motifs is 1. The van der Waals surface area contributed by atoms with Gasteiger partial charge in [-0.25, -0.2) is 0 Å². The van der Waals surface area contributed by atoms with Gasteiger partial charge in [0.1, 0.15) is 5.75 Å². The summed E-state index contributed by atoms with van der Waals surface area (Å²) in [6.45, 7) is 1.92. The first-order chi connectivity index (χ1) is 8.45. The highest BCUT2D eigenvalue weighted by Crippen LogP contribution is 2.41. The molecular formula is C12H13Cl2NO3. The molecule has 0 saturated carbocycles. The molecule has 0 amide bonds. The van der Waals surface area contributed by atoms with Crippen molar-refractivity contribution >= 4 is 23.2 Å². The van der Waals surface area contributed by atoms with Gasteiger partial charge in [-0.2, -0.15) is 0 Å². The Balaban J connectivity index is 2.77. The van der Waals surface area contributed by atoms with E-state index in [9.17, 15) is 14.7 Å². The van der Waals surface area contributed by atoms with Gasteiger partial charge < -0.3 is 10.1 Å². The number of halogens is 2. The van der Waals surface area contributed by atoms with Gasteiger partial charge in [0.25, 0.3) is 5.56 Å². The fraction of sp³-hybridized carbons (Fsp3) is 0.500. The van der Waals surface area contributed by atoms with Crippen LogP contribution >= 0.6 is 23.2 Å². The molecule has 2 rings (SSSR count). The van der Waals surface area contributed by atoms with E-state index in [-0.39, 0.29) is 22.4 Å². The van der Waals surface area contributed by atoms with Crippen molar-refractivity contribution in [2.75, 3.05) is 0 Å². The summed E-state index contributed by atoms with van der Waals surface area (Å²) >= 11 is 12.4. The van der Waals surface area contributed by atoms with E-state index in [0.29, 0.717) is 24.1 Å². The number of aromatic hydroxyl groups is 1. The van der Waals surface area contributed by atoms with Crippen LogP contribution in [-0.2, 0) is 6.42 Å². The summed E-state index contributed by atoms with van der Waals surface area (Å²) in [5, 5.41) is 9.29. The summed E-state index contributed by atoms with van der Waals surface area (Å²) in [5.41, 5.74) is -0.482. The van der Waals surface area contributed by atoms with Gasteiger partial charge in [0.15, 0.2) is 0 Å². The second-order valence-corrected chi connectivity index (χ2v) is 5.48. The molecular weight excluding hydrogens is 277 g/mol. The fourth-order valence-corrected chi connectivity index (χ4v) is 3.13. The number of alkyl halides is 2. The van der Waals surface area contributed by atoms with Crippen LogP contribution < -0.4 is 11.0 Å². The Morgan fingerprint density at radius 3 is 2.72 bits per heavy atom. The van der Waals surface area contributed by atoms with Crippen LogP contribution in [0.1, 0.15) is 30.5 Å². The zero-order chi connectivity index (χ0) is 13.4. The standard InChI is InChI=1S/C12H13Cl2NO3/c1-2-5-10-7(3-6(13)11(5)14)15-12(18)9(17)4-8(10)16/h4-6,11,16H,2-3H2,1H3,(H,15,17,18)/t5?,6-,11-/m1/s1. The van der Waals surface area contributed by atoms with E-state index in [0.717, 1.165) is 6.07 Å². The zero-order valence-corrected chi connectivity index (χ0v) is 11.3. The summed E-state index contributed by atoms with van der Waals surface area (Å²) < 4.78 is 0. The summed E-state index contributed by atoms with van der Waals surface area (Å²) in [5.74, 6) is -0.366. The van der Waals surface area contributed by atoms with Gasteiger partial charge >= 0.3 is 0 Å². The monoisotopic (exact) mass is 289 g/mol. The molecule has 0 fully saturated rings. The first-order valence-corrected chi connectivity index (χ1v) is 6.60. The van der Waals surface area contributed by atoms with Gasteiger partial charge in [0, 0.05) is 29.7 Å². The second kappa shape index (κ2) is 4.94. The van der Waals surface area contributed by atoms with Crippen molar-refractivity contribution in [3.8, 4) is 5.75 Å². The number of nitrogens with one attached hydrogen (secondary N) is 1. The van der Waals surface area contributed by atoms with Crippen LogP contribution in [0.15, 0.2) is 15.7 Å².